The fraction of sp³-hybridized carbons (Fsp3) is 0.375. The van der Waals surface area contributed by atoms with Crippen LogP contribution in [0.1, 0.15) is 12.6 Å². The number of hydrogen-bond donors (Lipinski definition) is 1. The highest BCUT2D eigenvalue weighted by Crippen LogP contribution is 2.27. The lowest BCUT2D eigenvalue weighted by Gasteiger charge is -2.00. The van der Waals surface area contributed by atoms with E-state index in [1.165, 1.54) is 13.8 Å². The fourth-order valence-electron chi connectivity index (χ4n) is 1.01. The summed E-state index contributed by atoms with van der Waals surface area (Å²) in [6.45, 7) is 2.87. The number of nitrogens with zero attached hydrogens (tertiary/aromatic N) is 2. The summed E-state index contributed by atoms with van der Waals surface area (Å²) >= 11 is 0. The Morgan fingerprint density at radius 3 is 2.76 bits per heavy atom. The Morgan fingerprint density at radius 1 is 1.59 bits per heavy atom. The molecule has 17 heavy (non-hydrogen) atoms. The van der Waals surface area contributed by atoms with Gasteiger partial charge in [0.15, 0.2) is 5.69 Å². The Morgan fingerprint density at radius 2 is 2.24 bits per heavy atom. The topological polar surface area (TPSA) is 125 Å². The van der Waals surface area contributed by atoms with Crippen molar-refractivity contribution >= 4 is 23.4 Å². The minimum atomic E-state index is -1.16. The first-order valence-electron chi connectivity index (χ1n) is 4.56. The molecule has 0 aliphatic heterocycles. The standard InChI is InChI=1S/C8H9N3O6/c1-3-16-8(13)6(12)9-7-5(11(14)15)4(2)10-17-7/h3H2,1-2H3,(H,9,12). The first kappa shape index (κ1) is 12.6. The molecule has 9 nitrogen and oxygen atoms in total. The van der Waals surface area contributed by atoms with Gasteiger partial charge in [0.1, 0.15) is 0 Å². The number of carbonyl (C=O) groups is 2. The van der Waals surface area contributed by atoms with Crippen molar-refractivity contribution < 1.29 is 23.8 Å². The summed E-state index contributed by atoms with van der Waals surface area (Å²) in [4.78, 5) is 32.0. The molecule has 0 radical (unpaired) electrons. The predicted octanol–water partition coefficient (Wildman–Crippen LogP) is 0.393. The van der Waals surface area contributed by atoms with E-state index in [-0.39, 0.29) is 12.3 Å². The van der Waals surface area contributed by atoms with E-state index in [9.17, 15) is 19.7 Å². The lowest BCUT2D eigenvalue weighted by Crippen LogP contribution is -2.25. The van der Waals surface area contributed by atoms with Gasteiger partial charge in [-0.05, 0) is 13.8 Å². The maximum atomic E-state index is 11.2. The zero-order valence-electron chi connectivity index (χ0n) is 9.05. The van der Waals surface area contributed by atoms with Gasteiger partial charge in [-0.3, -0.25) is 20.2 Å². The van der Waals surface area contributed by atoms with E-state index >= 15 is 0 Å². The second kappa shape index (κ2) is 5.05. The minimum Gasteiger partial charge on any atom is -0.459 e. The molecule has 1 aromatic heterocycles. The highest BCUT2D eigenvalue weighted by molar-refractivity contribution is 6.37. The lowest BCUT2D eigenvalue weighted by atomic mass is 10.4. The van der Waals surface area contributed by atoms with E-state index in [1.807, 2.05) is 5.32 Å². The molecule has 0 saturated carbocycles. The molecule has 1 amide bonds. The Kier molecular flexibility index (Phi) is 3.75. The van der Waals surface area contributed by atoms with E-state index in [0.29, 0.717) is 0 Å². The average Bonchev–Trinajstić information content (AvgIpc) is 2.60. The summed E-state index contributed by atoms with van der Waals surface area (Å²) in [7, 11) is 0. The molecule has 0 bridgehead atoms. The molecule has 1 rings (SSSR count). The minimum absolute atomic E-state index is 0.00541. The molecule has 0 saturated heterocycles. The zero-order valence-corrected chi connectivity index (χ0v) is 9.05. The van der Waals surface area contributed by atoms with Gasteiger partial charge in [0.25, 0.3) is 0 Å². The number of anilines is 1. The van der Waals surface area contributed by atoms with E-state index in [0.717, 1.165) is 0 Å². The second-order valence-electron chi connectivity index (χ2n) is 2.88. The summed E-state index contributed by atoms with van der Waals surface area (Å²) in [5.74, 6) is -2.81. The molecule has 0 unspecified atom stereocenters. The molecule has 0 spiro atoms. The Labute approximate surface area is 94.9 Å². The molecule has 0 aliphatic rings. The highest BCUT2D eigenvalue weighted by atomic mass is 16.6. The molecular formula is C8H9N3O6. The first-order chi connectivity index (χ1) is 7.97. The molecule has 0 aromatic carbocycles. The Balaban J connectivity index is 2.85. The number of hydrogen-bond acceptors (Lipinski definition) is 7. The van der Waals surface area contributed by atoms with Gasteiger partial charge in [-0.2, -0.15) is 0 Å². The van der Waals surface area contributed by atoms with Crippen LogP contribution in [-0.2, 0) is 14.3 Å². The molecule has 92 valence electrons. The van der Waals surface area contributed by atoms with Crippen molar-refractivity contribution in [1.82, 2.24) is 5.16 Å². The SMILES string of the molecule is CCOC(=O)C(=O)Nc1onc(C)c1[N+](=O)[O-]. The number of aromatic nitrogens is 1. The van der Waals surface area contributed by atoms with Crippen LogP contribution < -0.4 is 5.32 Å². The third-order valence-electron chi connectivity index (χ3n) is 1.70. The van der Waals surface area contributed by atoms with Crippen molar-refractivity contribution in [2.45, 2.75) is 13.8 Å². The smallest absolute Gasteiger partial charge is 0.397 e. The molecule has 0 aliphatic carbocycles. The van der Waals surface area contributed by atoms with Gasteiger partial charge >= 0.3 is 23.4 Å². The summed E-state index contributed by atoms with van der Waals surface area (Å²) in [6.07, 6.45) is 0. The van der Waals surface area contributed by atoms with Crippen molar-refractivity contribution in [2.24, 2.45) is 0 Å². The summed E-state index contributed by atoms with van der Waals surface area (Å²) in [5, 5.41) is 15.8. The van der Waals surface area contributed by atoms with Crippen LogP contribution in [0.2, 0.25) is 0 Å². The van der Waals surface area contributed by atoms with Crippen molar-refractivity contribution in [3.05, 3.63) is 15.8 Å². The zero-order chi connectivity index (χ0) is 13.0. The largest absolute Gasteiger partial charge is 0.459 e. The molecule has 0 fully saturated rings. The quantitative estimate of drug-likeness (QED) is 0.352. The molecule has 0 atom stereocenters. The van der Waals surface area contributed by atoms with E-state index in [2.05, 4.69) is 14.4 Å². The third-order valence-corrected chi connectivity index (χ3v) is 1.70. The lowest BCUT2D eigenvalue weighted by molar-refractivity contribution is -0.384. The number of esters is 1. The fourth-order valence-corrected chi connectivity index (χ4v) is 1.01. The van der Waals surface area contributed by atoms with Gasteiger partial charge in [-0.15, -0.1) is 0 Å². The number of carbonyl (C=O) groups excluding carboxylic acids is 2. The van der Waals surface area contributed by atoms with Crippen molar-refractivity contribution in [2.75, 3.05) is 11.9 Å². The molecule has 1 heterocycles. The van der Waals surface area contributed by atoms with Crippen LogP contribution in [0.15, 0.2) is 4.52 Å². The summed E-state index contributed by atoms with van der Waals surface area (Å²) in [5.41, 5.74) is -0.503. The van der Waals surface area contributed by atoms with Crippen LogP contribution in [0.4, 0.5) is 11.6 Å². The van der Waals surface area contributed by atoms with E-state index in [4.69, 9.17) is 0 Å². The maximum absolute atomic E-state index is 11.2. The third kappa shape index (κ3) is 2.77. The first-order valence-corrected chi connectivity index (χ1v) is 4.56. The summed E-state index contributed by atoms with van der Waals surface area (Å²) < 4.78 is 8.92. The van der Waals surface area contributed by atoms with E-state index in [1.54, 1.807) is 0 Å². The Bertz CT molecular complexity index is 466. The van der Waals surface area contributed by atoms with Gasteiger partial charge in [0.2, 0.25) is 0 Å². The van der Waals surface area contributed by atoms with Crippen LogP contribution in [0.25, 0.3) is 0 Å². The van der Waals surface area contributed by atoms with Gasteiger partial charge in [-0.25, -0.2) is 4.79 Å². The molecule has 1 N–H and O–H groups in total. The van der Waals surface area contributed by atoms with Crippen molar-refractivity contribution in [3.63, 3.8) is 0 Å². The number of nitro groups is 1. The normalized spacial score (nSPS) is 9.76. The second-order valence-corrected chi connectivity index (χ2v) is 2.88. The summed E-state index contributed by atoms with van der Waals surface area (Å²) in [6, 6.07) is 0. The Hall–Kier alpha value is -2.45. The molecule has 9 heteroatoms. The average molecular weight is 243 g/mol. The van der Waals surface area contributed by atoms with Gasteiger partial charge in [0.05, 0.1) is 11.5 Å². The highest BCUT2D eigenvalue weighted by Gasteiger charge is 2.28. The number of nitrogens with one attached hydrogen (secondary N) is 1. The van der Waals surface area contributed by atoms with Crippen LogP contribution in [-0.4, -0.2) is 28.6 Å². The number of amides is 1. The van der Waals surface area contributed by atoms with Crippen molar-refractivity contribution in [1.29, 1.82) is 0 Å². The van der Waals surface area contributed by atoms with Gasteiger partial charge in [0, 0.05) is 0 Å². The van der Waals surface area contributed by atoms with E-state index < -0.39 is 28.4 Å². The van der Waals surface area contributed by atoms with Crippen LogP contribution >= 0.6 is 0 Å². The maximum Gasteiger partial charge on any atom is 0.397 e. The van der Waals surface area contributed by atoms with Crippen LogP contribution in [0.5, 0.6) is 0 Å². The van der Waals surface area contributed by atoms with Crippen molar-refractivity contribution in [3.8, 4) is 0 Å². The monoisotopic (exact) mass is 243 g/mol. The molecule has 1 aromatic rings. The number of ether oxygens (including phenoxy) is 1. The molecular weight excluding hydrogens is 234 g/mol. The van der Waals surface area contributed by atoms with Crippen LogP contribution in [0.3, 0.4) is 0 Å². The predicted molar refractivity (Wildman–Crippen MR) is 53.2 cm³/mol. The number of aryl methyl sites for hydroxylation is 1. The van der Waals surface area contributed by atoms with Gasteiger partial charge in [-0.1, -0.05) is 5.16 Å². The van der Waals surface area contributed by atoms with Gasteiger partial charge < -0.3 is 9.26 Å². The number of rotatable bonds is 3. The van der Waals surface area contributed by atoms with Crippen LogP contribution in [0, 0.1) is 17.0 Å².